The summed E-state index contributed by atoms with van der Waals surface area (Å²) in [7, 11) is 2.21. The zero-order valence-electron chi connectivity index (χ0n) is 11.2. The first kappa shape index (κ1) is 14.2. The van der Waals surface area contributed by atoms with E-state index >= 15 is 0 Å². The van der Waals surface area contributed by atoms with Gasteiger partial charge >= 0.3 is 0 Å². The lowest BCUT2D eigenvalue weighted by Crippen LogP contribution is -2.43. The first-order chi connectivity index (χ1) is 8.56. The van der Waals surface area contributed by atoms with Crippen molar-refractivity contribution >= 4 is 24.2 Å². The zero-order valence-corrected chi connectivity index (χ0v) is 12.8. The molecule has 3 heteroatoms. The van der Waals surface area contributed by atoms with Crippen LogP contribution in [0.4, 0.5) is 0 Å². The second kappa shape index (κ2) is 5.85. The maximum absolute atomic E-state index is 5.93. The minimum atomic E-state index is 0.430. The number of nitrogens with zero attached hydrogens (tertiary/aromatic N) is 1. The fourth-order valence-corrected chi connectivity index (χ4v) is 3.25. The van der Waals surface area contributed by atoms with Crippen molar-refractivity contribution in [3.63, 3.8) is 0 Å². The van der Waals surface area contributed by atoms with Gasteiger partial charge in [-0.2, -0.15) is 12.6 Å². The Balaban J connectivity index is 2.00. The highest BCUT2D eigenvalue weighted by atomic mass is 35.5. The molecule has 18 heavy (non-hydrogen) atoms. The second-order valence-electron chi connectivity index (χ2n) is 5.65. The Labute approximate surface area is 121 Å². The van der Waals surface area contributed by atoms with E-state index in [0.717, 1.165) is 17.3 Å². The summed E-state index contributed by atoms with van der Waals surface area (Å²) in [5, 5.41) is 0.805. The summed E-state index contributed by atoms with van der Waals surface area (Å²) in [4.78, 5) is 2.44. The van der Waals surface area contributed by atoms with Gasteiger partial charge in [-0.05, 0) is 55.7 Å². The number of thiol groups is 1. The lowest BCUT2D eigenvalue weighted by Gasteiger charge is -2.44. The van der Waals surface area contributed by atoms with Crippen LogP contribution in [0.5, 0.6) is 0 Å². The molecule has 0 spiro atoms. The first-order valence-electron chi connectivity index (χ1n) is 6.63. The van der Waals surface area contributed by atoms with Gasteiger partial charge in [-0.3, -0.25) is 4.90 Å². The Hall–Kier alpha value is -0.180. The van der Waals surface area contributed by atoms with Crippen molar-refractivity contribution in [3.05, 3.63) is 34.9 Å². The van der Waals surface area contributed by atoms with Crippen LogP contribution in [0.3, 0.4) is 0 Å². The van der Waals surface area contributed by atoms with Gasteiger partial charge in [0, 0.05) is 17.6 Å². The maximum Gasteiger partial charge on any atom is 0.0406 e. The molecule has 0 bridgehead atoms. The number of rotatable bonds is 5. The molecule has 1 aromatic carbocycles. The van der Waals surface area contributed by atoms with E-state index in [1.54, 1.807) is 0 Å². The van der Waals surface area contributed by atoms with Crippen molar-refractivity contribution in [2.45, 2.75) is 32.2 Å². The fourth-order valence-electron chi connectivity index (χ4n) is 2.70. The number of hydrogen-bond donors (Lipinski definition) is 1. The third-order valence-electron chi connectivity index (χ3n) is 4.35. The number of benzene rings is 1. The molecule has 1 unspecified atom stereocenters. The lowest BCUT2D eigenvalue weighted by molar-refractivity contribution is 0.0855. The van der Waals surface area contributed by atoms with E-state index in [4.69, 9.17) is 11.6 Å². The minimum Gasteiger partial charge on any atom is -0.299 e. The molecule has 1 aliphatic rings. The molecule has 0 aliphatic heterocycles. The van der Waals surface area contributed by atoms with E-state index in [0.29, 0.717) is 11.5 Å². The molecule has 2 rings (SSSR count). The number of hydrogen-bond acceptors (Lipinski definition) is 2. The van der Waals surface area contributed by atoms with Crippen molar-refractivity contribution in [2.24, 2.45) is 5.41 Å². The molecule has 0 saturated heterocycles. The lowest BCUT2D eigenvalue weighted by atomic mass is 9.70. The van der Waals surface area contributed by atoms with E-state index in [9.17, 15) is 0 Å². The average Bonchev–Trinajstić information content (AvgIpc) is 2.33. The van der Waals surface area contributed by atoms with Crippen LogP contribution in [0.15, 0.2) is 24.3 Å². The summed E-state index contributed by atoms with van der Waals surface area (Å²) < 4.78 is 0. The van der Waals surface area contributed by atoms with Crippen molar-refractivity contribution < 1.29 is 0 Å². The third kappa shape index (κ3) is 3.04. The standard InChI is InChI=1S/C15H22ClNS/c1-12(13-4-6-14(16)7-5-13)17(2)10-15(11-18)8-3-9-15/h4-7,12,18H,3,8-11H2,1-2H3. The smallest absolute Gasteiger partial charge is 0.0406 e. The normalized spacial score (nSPS) is 19.6. The van der Waals surface area contributed by atoms with E-state index < -0.39 is 0 Å². The first-order valence-corrected chi connectivity index (χ1v) is 7.64. The Morgan fingerprint density at radius 1 is 1.33 bits per heavy atom. The van der Waals surface area contributed by atoms with Gasteiger partial charge in [0.2, 0.25) is 0 Å². The van der Waals surface area contributed by atoms with E-state index in [-0.39, 0.29) is 0 Å². The van der Waals surface area contributed by atoms with Crippen LogP contribution in [0.1, 0.15) is 37.8 Å². The summed E-state index contributed by atoms with van der Waals surface area (Å²) in [5.41, 5.74) is 1.79. The van der Waals surface area contributed by atoms with Gasteiger partial charge in [0.25, 0.3) is 0 Å². The zero-order chi connectivity index (χ0) is 13.2. The predicted octanol–water partition coefficient (Wildman–Crippen LogP) is 4.43. The van der Waals surface area contributed by atoms with E-state index in [1.165, 1.54) is 24.8 Å². The van der Waals surface area contributed by atoms with Crippen molar-refractivity contribution in [3.8, 4) is 0 Å². The molecule has 0 radical (unpaired) electrons. The Morgan fingerprint density at radius 2 is 1.94 bits per heavy atom. The summed E-state index contributed by atoms with van der Waals surface area (Å²) in [6, 6.07) is 8.62. The van der Waals surface area contributed by atoms with Crippen molar-refractivity contribution in [1.82, 2.24) is 4.90 Å². The topological polar surface area (TPSA) is 3.24 Å². The van der Waals surface area contributed by atoms with Crippen LogP contribution < -0.4 is 0 Å². The molecule has 1 aliphatic carbocycles. The highest BCUT2D eigenvalue weighted by Crippen LogP contribution is 2.43. The van der Waals surface area contributed by atoms with Crippen LogP contribution in [0, 0.1) is 5.41 Å². The molecular formula is C15H22ClNS. The SMILES string of the molecule is CC(c1ccc(Cl)cc1)N(C)CC1(CS)CCC1. The van der Waals surface area contributed by atoms with E-state index in [2.05, 4.69) is 43.6 Å². The fraction of sp³-hybridized carbons (Fsp3) is 0.600. The summed E-state index contributed by atoms with van der Waals surface area (Å²) >= 11 is 10.5. The molecule has 0 heterocycles. The molecular weight excluding hydrogens is 262 g/mol. The van der Waals surface area contributed by atoms with Crippen LogP contribution in [-0.2, 0) is 0 Å². The van der Waals surface area contributed by atoms with Crippen LogP contribution >= 0.6 is 24.2 Å². The van der Waals surface area contributed by atoms with Crippen molar-refractivity contribution in [2.75, 3.05) is 19.3 Å². The molecule has 1 atom stereocenters. The Kier molecular flexibility index (Phi) is 4.63. The van der Waals surface area contributed by atoms with Gasteiger partial charge < -0.3 is 0 Å². The average molecular weight is 284 g/mol. The molecule has 1 fully saturated rings. The molecule has 1 saturated carbocycles. The van der Waals surface area contributed by atoms with Gasteiger partial charge in [-0.25, -0.2) is 0 Å². The predicted molar refractivity (Wildman–Crippen MR) is 82.6 cm³/mol. The summed E-state index contributed by atoms with van der Waals surface area (Å²) in [5.74, 6) is 1.00. The molecule has 0 N–H and O–H groups in total. The Bertz CT molecular complexity index is 380. The molecule has 0 aromatic heterocycles. The van der Waals surface area contributed by atoms with Crippen LogP contribution in [0.2, 0.25) is 5.02 Å². The largest absolute Gasteiger partial charge is 0.299 e. The monoisotopic (exact) mass is 283 g/mol. The summed E-state index contributed by atoms with van der Waals surface area (Å²) in [6.07, 6.45) is 4.02. The van der Waals surface area contributed by atoms with Gasteiger partial charge in [-0.15, -0.1) is 0 Å². The van der Waals surface area contributed by atoms with Gasteiger partial charge in [0.05, 0.1) is 0 Å². The molecule has 0 amide bonds. The van der Waals surface area contributed by atoms with Crippen molar-refractivity contribution in [1.29, 1.82) is 0 Å². The molecule has 1 nitrogen and oxygen atoms in total. The van der Waals surface area contributed by atoms with Crippen LogP contribution in [-0.4, -0.2) is 24.2 Å². The van der Waals surface area contributed by atoms with Crippen LogP contribution in [0.25, 0.3) is 0 Å². The van der Waals surface area contributed by atoms with Gasteiger partial charge in [0.15, 0.2) is 0 Å². The van der Waals surface area contributed by atoms with Gasteiger partial charge in [-0.1, -0.05) is 30.2 Å². The minimum absolute atomic E-state index is 0.430. The highest BCUT2D eigenvalue weighted by Gasteiger charge is 2.37. The summed E-state index contributed by atoms with van der Waals surface area (Å²) in [6.45, 7) is 3.40. The quantitative estimate of drug-likeness (QED) is 0.782. The third-order valence-corrected chi connectivity index (χ3v) is 5.27. The second-order valence-corrected chi connectivity index (χ2v) is 6.41. The molecule has 1 aromatic rings. The highest BCUT2D eigenvalue weighted by molar-refractivity contribution is 7.80. The maximum atomic E-state index is 5.93. The Morgan fingerprint density at radius 3 is 2.39 bits per heavy atom. The van der Waals surface area contributed by atoms with Gasteiger partial charge in [0.1, 0.15) is 0 Å². The number of halogens is 1. The van der Waals surface area contributed by atoms with E-state index in [1.807, 2.05) is 12.1 Å². The molecule has 100 valence electrons.